The summed E-state index contributed by atoms with van der Waals surface area (Å²) in [6.45, 7) is 15.5. The van der Waals surface area contributed by atoms with E-state index in [1.54, 1.807) is 25.1 Å². The number of hydrogen-bond donors (Lipinski definition) is 3. The molecular weight excluding hydrogens is 678 g/mol. The van der Waals surface area contributed by atoms with Crippen LogP contribution in [0.4, 0.5) is 17.2 Å². The molecule has 7 nitrogen and oxygen atoms in total. The van der Waals surface area contributed by atoms with Gasteiger partial charge in [-0.25, -0.2) is 4.68 Å². The molecule has 0 aliphatic carbocycles. The van der Waals surface area contributed by atoms with Gasteiger partial charge in [-0.1, -0.05) is 100 Å². The van der Waals surface area contributed by atoms with Gasteiger partial charge in [-0.2, -0.15) is 0 Å². The number of amides is 1. The minimum Gasteiger partial charge on any atom is -0.493 e. The van der Waals surface area contributed by atoms with Crippen LogP contribution in [0.25, 0.3) is 5.69 Å². The predicted molar refractivity (Wildman–Crippen MR) is 197 cm³/mol. The van der Waals surface area contributed by atoms with Crippen LogP contribution in [0, 0.1) is 6.92 Å². The Morgan fingerprint density at radius 1 is 0.894 bits per heavy atom. The fourth-order valence-electron chi connectivity index (χ4n) is 5.02. The van der Waals surface area contributed by atoms with Gasteiger partial charge in [0.15, 0.2) is 0 Å². The minimum absolute atomic E-state index is 0.0447. The third kappa shape index (κ3) is 8.50. The van der Waals surface area contributed by atoms with Gasteiger partial charge in [0.25, 0.3) is 5.56 Å². The van der Waals surface area contributed by atoms with Crippen molar-refractivity contribution in [1.82, 2.24) is 9.78 Å². The molecule has 0 saturated carbocycles. The highest BCUT2D eigenvalue weighted by Gasteiger charge is 2.27. The number of halogens is 4. The van der Waals surface area contributed by atoms with Crippen LogP contribution in [0.1, 0.15) is 83.9 Å². The topological polar surface area (TPSA) is 88.2 Å². The van der Waals surface area contributed by atoms with Crippen molar-refractivity contribution >= 4 is 69.5 Å². The zero-order valence-electron chi connectivity index (χ0n) is 27.8. The van der Waals surface area contributed by atoms with Crippen molar-refractivity contribution in [2.24, 2.45) is 0 Å². The molecule has 4 rings (SSSR count). The van der Waals surface area contributed by atoms with Crippen molar-refractivity contribution in [3.63, 3.8) is 0 Å². The first-order chi connectivity index (χ1) is 22.1. The molecule has 252 valence electrons. The summed E-state index contributed by atoms with van der Waals surface area (Å²) >= 11 is 25.2. The molecule has 47 heavy (non-hydrogen) atoms. The SMILES string of the molecule is CCC(C)(C)c1ccc(OCCCC(=O)Nc2ccc(Cl)c(Nc3[nH]n(-c4c(Cl)cc(Cl)cc4Cl)c(=O)c3C)c2)c(C(C)(C)CC)c1. The Morgan fingerprint density at radius 2 is 1.55 bits per heavy atom. The standard InChI is InChI=1S/C36H42Cl4N4O3/c1-8-35(4,5)22-12-15-30(25(17-22)36(6,7)9-2)47-16-10-11-31(45)41-24-13-14-26(38)29(20-24)42-33-21(3)34(46)44(43-33)32-27(39)18-23(37)19-28(32)40/h12-15,17-20,42-43H,8-11,16H2,1-7H3,(H,41,45). The molecule has 0 aliphatic heterocycles. The number of hydrogen-bond acceptors (Lipinski definition) is 4. The molecule has 0 radical (unpaired) electrons. The van der Waals surface area contributed by atoms with Gasteiger partial charge in [-0.3, -0.25) is 14.7 Å². The van der Waals surface area contributed by atoms with Crippen molar-refractivity contribution in [3.05, 3.63) is 95.7 Å². The average Bonchev–Trinajstić information content (AvgIpc) is 3.28. The van der Waals surface area contributed by atoms with E-state index in [0.29, 0.717) is 45.8 Å². The summed E-state index contributed by atoms with van der Waals surface area (Å²) in [5.41, 5.74) is 3.86. The molecule has 0 spiro atoms. The van der Waals surface area contributed by atoms with Crippen LogP contribution in [0.2, 0.25) is 20.1 Å². The lowest BCUT2D eigenvalue weighted by Crippen LogP contribution is -2.21. The lowest BCUT2D eigenvalue weighted by molar-refractivity contribution is -0.116. The number of aromatic nitrogens is 2. The molecule has 0 bridgehead atoms. The predicted octanol–water partition coefficient (Wildman–Crippen LogP) is 11.0. The summed E-state index contributed by atoms with van der Waals surface area (Å²) < 4.78 is 7.49. The van der Waals surface area contributed by atoms with Crippen molar-refractivity contribution in [1.29, 1.82) is 0 Å². The van der Waals surface area contributed by atoms with E-state index in [-0.39, 0.29) is 44.4 Å². The highest BCUT2D eigenvalue weighted by molar-refractivity contribution is 6.40. The van der Waals surface area contributed by atoms with Crippen molar-refractivity contribution in [2.45, 2.75) is 85.0 Å². The zero-order chi connectivity index (χ0) is 34.7. The molecule has 0 aliphatic rings. The number of nitrogens with one attached hydrogen (secondary N) is 3. The summed E-state index contributed by atoms with van der Waals surface area (Å²) in [4.78, 5) is 26.0. The van der Waals surface area contributed by atoms with E-state index in [1.165, 1.54) is 27.9 Å². The summed E-state index contributed by atoms with van der Waals surface area (Å²) in [6, 6.07) is 14.6. The number of ether oxygens (including phenoxy) is 1. The third-order valence-electron chi connectivity index (χ3n) is 8.90. The maximum atomic E-state index is 13.1. The van der Waals surface area contributed by atoms with Gasteiger partial charge in [0, 0.05) is 22.7 Å². The second kappa shape index (κ2) is 15.0. The van der Waals surface area contributed by atoms with Crippen LogP contribution < -0.4 is 20.9 Å². The van der Waals surface area contributed by atoms with E-state index >= 15 is 0 Å². The second-order valence-electron chi connectivity index (χ2n) is 13.0. The van der Waals surface area contributed by atoms with Crippen molar-refractivity contribution < 1.29 is 9.53 Å². The Hall–Kier alpha value is -3.10. The number of benzene rings is 3. The lowest BCUT2D eigenvalue weighted by atomic mass is 9.76. The first-order valence-electron chi connectivity index (χ1n) is 15.7. The number of H-pyrrole nitrogens is 1. The molecule has 1 aromatic heterocycles. The van der Waals surface area contributed by atoms with Crippen LogP contribution in [0.15, 0.2) is 53.3 Å². The van der Waals surface area contributed by atoms with Gasteiger partial charge in [0.05, 0.1) is 32.9 Å². The minimum atomic E-state index is -0.354. The molecule has 3 aromatic carbocycles. The average molecular weight is 721 g/mol. The van der Waals surface area contributed by atoms with Crippen molar-refractivity contribution in [2.75, 3.05) is 17.2 Å². The van der Waals surface area contributed by atoms with Gasteiger partial charge < -0.3 is 15.4 Å². The van der Waals surface area contributed by atoms with Crippen LogP contribution in [0.3, 0.4) is 0 Å². The maximum Gasteiger partial charge on any atom is 0.276 e. The summed E-state index contributed by atoms with van der Waals surface area (Å²) in [5.74, 6) is 1.10. The largest absolute Gasteiger partial charge is 0.493 e. The Bertz CT molecular complexity index is 1800. The normalized spacial score (nSPS) is 11.9. The van der Waals surface area contributed by atoms with Gasteiger partial charge in [0.2, 0.25) is 5.91 Å². The highest BCUT2D eigenvalue weighted by Crippen LogP contribution is 2.39. The first-order valence-corrected chi connectivity index (χ1v) is 17.2. The molecule has 1 heterocycles. The van der Waals surface area contributed by atoms with E-state index < -0.39 is 0 Å². The molecule has 4 aromatic rings. The molecule has 0 fully saturated rings. The first kappa shape index (κ1) is 36.7. The van der Waals surface area contributed by atoms with Crippen LogP contribution in [0.5, 0.6) is 5.75 Å². The molecule has 3 N–H and O–H groups in total. The number of carbonyl (C=O) groups excluding carboxylic acids is 1. The summed E-state index contributed by atoms with van der Waals surface area (Å²) in [5, 5.41) is 10.3. The van der Waals surface area contributed by atoms with E-state index in [0.717, 1.165) is 18.6 Å². The van der Waals surface area contributed by atoms with Gasteiger partial charge in [-0.15, -0.1) is 0 Å². The zero-order valence-corrected chi connectivity index (χ0v) is 30.9. The van der Waals surface area contributed by atoms with Crippen LogP contribution in [-0.4, -0.2) is 22.3 Å². The van der Waals surface area contributed by atoms with Crippen molar-refractivity contribution in [3.8, 4) is 11.4 Å². The fourth-order valence-corrected chi connectivity index (χ4v) is 6.17. The number of anilines is 3. The number of nitrogens with zero attached hydrogens (tertiary/aromatic N) is 1. The molecule has 0 unspecified atom stereocenters. The smallest absolute Gasteiger partial charge is 0.276 e. The number of aromatic amines is 1. The molecular formula is C36H42Cl4N4O3. The fraction of sp³-hybridized carbons (Fsp3) is 0.389. The van der Waals surface area contributed by atoms with Gasteiger partial charge >= 0.3 is 0 Å². The number of carbonyl (C=O) groups is 1. The monoisotopic (exact) mass is 718 g/mol. The lowest BCUT2D eigenvalue weighted by Gasteiger charge is -2.30. The third-order valence-corrected chi connectivity index (χ3v) is 10.0. The Balaban J connectivity index is 1.41. The van der Waals surface area contributed by atoms with Gasteiger partial charge in [0.1, 0.15) is 17.3 Å². The Kier molecular flexibility index (Phi) is 11.7. The molecule has 0 saturated heterocycles. The summed E-state index contributed by atoms with van der Waals surface area (Å²) in [7, 11) is 0. The van der Waals surface area contributed by atoms with E-state index in [2.05, 4.69) is 75.5 Å². The van der Waals surface area contributed by atoms with Crippen LogP contribution >= 0.6 is 46.4 Å². The molecule has 11 heteroatoms. The maximum absolute atomic E-state index is 13.1. The molecule has 0 atom stereocenters. The highest BCUT2D eigenvalue weighted by atomic mass is 35.5. The van der Waals surface area contributed by atoms with E-state index in [1.807, 2.05) is 0 Å². The number of rotatable bonds is 13. The Labute approximate surface area is 296 Å². The van der Waals surface area contributed by atoms with Gasteiger partial charge in [-0.05, 0) is 79.0 Å². The molecule has 1 amide bonds. The summed E-state index contributed by atoms with van der Waals surface area (Å²) in [6.07, 6.45) is 2.84. The van der Waals surface area contributed by atoms with E-state index in [4.69, 9.17) is 51.1 Å². The van der Waals surface area contributed by atoms with Crippen LogP contribution in [-0.2, 0) is 15.6 Å². The Morgan fingerprint density at radius 3 is 2.19 bits per heavy atom. The quantitative estimate of drug-likeness (QED) is 0.120. The second-order valence-corrected chi connectivity index (χ2v) is 14.6. The van der Waals surface area contributed by atoms with E-state index in [9.17, 15) is 9.59 Å².